The topological polar surface area (TPSA) is 78.0 Å². The molecule has 0 saturated carbocycles. The van der Waals surface area contributed by atoms with E-state index in [1.54, 1.807) is 5.38 Å². The van der Waals surface area contributed by atoms with Crippen molar-refractivity contribution in [1.29, 1.82) is 0 Å². The van der Waals surface area contributed by atoms with Crippen LogP contribution in [0.2, 0.25) is 0 Å². The molecule has 2 heterocycles. The van der Waals surface area contributed by atoms with Crippen molar-refractivity contribution in [2.45, 2.75) is 58.8 Å². The fraction of sp³-hybridized carbons (Fsp3) is 0.688. The maximum absolute atomic E-state index is 12.4. The molecule has 7 nitrogen and oxygen atoms in total. The molecule has 0 bridgehead atoms. The second kappa shape index (κ2) is 7.06. The molecule has 1 aliphatic heterocycles. The van der Waals surface area contributed by atoms with E-state index in [9.17, 15) is 9.59 Å². The van der Waals surface area contributed by atoms with Gasteiger partial charge in [-0.3, -0.25) is 4.84 Å². The number of methoxy groups -OCH3 is 1. The number of rotatable bonds is 3. The lowest BCUT2D eigenvalue weighted by atomic mass is 9.99. The predicted molar refractivity (Wildman–Crippen MR) is 88.6 cm³/mol. The number of thiazole rings is 1. The highest BCUT2D eigenvalue weighted by Gasteiger charge is 2.42. The van der Waals surface area contributed by atoms with Gasteiger partial charge in [-0.2, -0.15) is 5.06 Å². The Bertz CT molecular complexity index is 608. The van der Waals surface area contributed by atoms with Crippen LogP contribution in [0.5, 0.6) is 0 Å². The highest BCUT2D eigenvalue weighted by molar-refractivity contribution is 7.09. The van der Waals surface area contributed by atoms with E-state index in [1.165, 1.54) is 23.5 Å². The second-order valence-corrected chi connectivity index (χ2v) is 7.90. The third-order valence-corrected chi connectivity index (χ3v) is 4.47. The van der Waals surface area contributed by atoms with Gasteiger partial charge in [-0.05, 0) is 26.7 Å². The zero-order valence-corrected chi connectivity index (χ0v) is 15.7. The van der Waals surface area contributed by atoms with E-state index in [-0.39, 0.29) is 23.8 Å². The number of hydroxylamine groups is 2. The summed E-state index contributed by atoms with van der Waals surface area (Å²) in [6, 6.07) is -0.115. The van der Waals surface area contributed by atoms with Crippen molar-refractivity contribution >= 4 is 23.4 Å². The van der Waals surface area contributed by atoms with Crippen molar-refractivity contribution in [2.24, 2.45) is 5.92 Å². The quantitative estimate of drug-likeness (QED) is 0.771. The van der Waals surface area contributed by atoms with Crippen LogP contribution in [0.3, 0.4) is 0 Å². The fourth-order valence-electron chi connectivity index (χ4n) is 2.38. The van der Waals surface area contributed by atoms with Crippen molar-refractivity contribution in [3.63, 3.8) is 0 Å². The Morgan fingerprint density at radius 3 is 2.62 bits per heavy atom. The third-order valence-electron chi connectivity index (χ3n) is 3.53. The van der Waals surface area contributed by atoms with Gasteiger partial charge in [0.25, 0.3) is 0 Å². The minimum absolute atomic E-state index is 0.115. The molecule has 1 fully saturated rings. The minimum Gasteiger partial charge on any atom is -0.464 e. The van der Waals surface area contributed by atoms with Gasteiger partial charge in [0.05, 0.1) is 13.2 Å². The molecule has 0 N–H and O–H groups in total. The Morgan fingerprint density at radius 2 is 2.08 bits per heavy atom. The van der Waals surface area contributed by atoms with Crippen LogP contribution >= 0.6 is 11.3 Å². The van der Waals surface area contributed by atoms with Gasteiger partial charge in [0.2, 0.25) is 0 Å². The second-order valence-electron chi connectivity index (χ2n) is 7.01. The lowest BCUT2D eigenvalue weighted by Gasteiger charge is -2.28. The number of carbonyl (C=O) groups excluding carboxylic acids is 2. The van der Waals surface area contributed by atoms with E-state index < -0.39 is 17.7 Å². The predicted octanol–water partition coefficient (Wildman–Crippen LogP) is 3.57. The average Bonchev–Trinajstić information content (AvgIpc) is 3.11. The Hall–Kier alpha value is -1.67. The maximum atomic E-state index is 12.4. The highest BCUT2D eigenvalue weighted by atomic mass is 32.1. The molecule has 1 unspecified atom stereocenters. The summed E-state index contributed by atoms with van der Waals surface area (Å²) in [6.07, 6.45) is -0.285. The van der Waals surface area contributed by atoms with Crippen molar-refractivity contribution in [3.05, 3.63) is 16.1 Å². The molecule has 1 aliphatic rings. The number of aromatic nitrogens is 1. The molecule has 0 radical (unpaired) electrons. The van der Waals surface area contributed by atoms with E-state index in [1.807, 2.05) is 34.6 Å². The summed E-state index contributed by atoms with van der Waals surface area (Å²) in [6.45, 7) is 9.48. The van der Waals surface area contributed by atoms with Gasteiger partial charge < -0.3 is 9.47 Å². The summed E-state index contributed by atoms with van der Waals surface area (Å²) in [5.74, 6) is -0.289. The molecule has 0 aliphatic carbocycles. The van der Waals surface area contributed by atoms with Gasteiger partial charge in [0, 0.05) is 11.8 Å². The smallest absolute Gasteiger partial charge is 0.434 e. The molecule has 134 valence electrons. The number of hydrogen-bond donors (Lipinski definition) is 0. The summed E-state index contributed by atoms with van der Waals surface area (Å²) in [5.41, 5.74) is -0.350. The zero-order chi connectivity index (χ0) is 18.1. The van der Waals surface area contributed by atoms with Crippen molar-refractivity contribution in [3.8, 4) is 0 Å². The Balaban J connectivity index is 2.16. The lowest BCUT2D eigenvalue weighted by Crippen LogP contribution is -2.41. The Labute approximate surface area is 145 Å². The summed E-state index contributed by atoms with van der Waals surface area (Å²) in [4.78, 5) is 34.0. The molecule has 0 spiro atoms. The van der Waals surface area contributed by atoms with Crippen LogP contribution in [-0.4, -0.2) is 40.9 Å². The number of carbonyl (C=O) groups is 2. The van der Waals surface area contributed by atoms with Crippen LogP contribution in [-0.2, 0) is 14.3 Å². The first kappa shape index (κ1) is 18.7. The number of ether oxygens (including phenoxy) is 2. The minimum atomic E-state index is -0.598. The first-order chi connectivity index (χ1) is 11.1. The van der Waals surface area contributed by atoms with Crippen LogP contribution in [0.15, 0.2) is 5.38 Å². The molecule has 1 amide bonds. The van der Waals surface area contributed by atoms with Crippen molar-refractivity contribution < 1.29 is 23.9 Å². The first-order valence-corrected chi connectivity index (χ1v) is 8.73. The van der Waals surface area contributed by atoms with Crippen LogP contribution in [0, 0.1) is 5.92 Å². The summed E-state index contributed by atoms with van der Waals surface area (Å²) in [7, 11) is 1.31. The summed E-state index contributed by atoms with van der Waals surface area (Å²) >= 11 is 1.32. The van der Waals surface area contributed by atoms with Crippen LogP contribution in [0.4, 0.5) is 4.79 Å². The average molecular weight is 356 g/mol. The first-order valence-electron chi connectivity index (χ1n) is 7.85. The molecule has 2 atom stereocenters. The molecule has 1 aromatic rings. The lowest BCUT2D eigenvalue weighted by molar-refractivity contribution is -0.156. The number of hydrogen-bond acceptors (Lipinski definition) is 7. The summed E-state index contributed by atoms with van der Waals surface area (Å²) < 4.78 is 10.1. The maximum Gasteiger partial charge on any atom is 0.434 e. The van der Waals surface area contributed by atoms with Gasteiger partial charge in [0.15, 0.2) is 5.69 Å². The van der Waals surface area contributed by atoms with Gasteiger partial charge in [0.1, 0.15) is 16.7 Å². The van der Waals surface area contributed by atoms with Crippen molar-refractivity contribution in [2.75, 3.05) is 7.11 Å². The number of amides is 1. The molecule has 1 aromatic heterocycles. The van der Waals surface area contributed by atoms with E-state index >= 15 is 0 Å². The fourth-order valence-corrected chi connectivity index (χ4v) is 3.20. The third kappa shape index (κ3) is 4.24. The molecule has 8 heteroatoms. The molecule has 24 heavy (non-hydrogen) atoms. The number of nitrogens with zero attached hydrogens (tertiary/aromatic N) is 2. The molecule has 1 saturated heterocycles. The van der Waals surface area contributed by atoms with E-state index in [4.69, 9.17) is 9.57 Å². The van der Waals surface area contributed by atoms with Gasteiger partial charge in [-0.1, -0.05) is 13.8 Å². The van der Waals surface area contributed by atoms with E-state index in [0.29, 0.717) is 11.4 Å². The van der Waals surface area contributed by atoms with E-state index in [2.05, 4.69) is 9.72 Å². The van der Waals surface area contributed by atoms with Crippen LogP contribution in [0.1, 0.15) is 62.6 Å². The molecule has 0 aromatic carbocycles. The summed E-state index contributed by atoms with van der Waals surface area (Å²) in [5, 5.41) is 3.58. The van der Waals surface area contributed by atoms with Crippen LogP contribution < -0.4 is 0 Å². The standard InChI is InChI=1S/C16H24N2O5S/c1-9(2)11-7-12(13-17-10(8-24-13)14(19)21-6)23-18(11)15(20)22-16(3,4)5/h8-9,11-12H,7H2,1-6H3/t11-,12?/m1/s1. The van der Waals surface area contributed by atoms with Gasteiger partial charge in [-0.15, -0.1) is 11.3 Å². The molecular weight excluding hydrogens is 332 g/mol. The molecule has 2 rings (SSSR count). The largest absolute Gasteiger partial charge is 0.464 e. The van der Waals surface area contributed by atoms with Gasteiger partial charge in [-0.25, -0.2) is 14.6 Å². The highest BCUT2D eigenvalue weighted by Crippen LogP contribution is 2.38. The Morgan fingerprint density at radius 1 is 1.42 bits per heavy atom. The van der Waals surface area contributed by atoms with Gasteiger partial charge >= 0.3 is 12.1 Å². The SMILES string of the molecule is COC(=O)c1csc(C2C[C@H](C(C)C)N(C(=O)OC(C)(C)C)O2)n1. The number of esters is 1. The van der Waals surface area contributed by atoms with Crippen molar-refractivity contribution in [1.82, 2.24) is 10.0 Å². The zero-order valence-electron chi connectivity index (χ0n) is 14.9. The van der Waals surface area contributed by atoms with Crippen LogP contribution in [0.25, 0.3) is 0 Å². The van der Waals surface area contributed by atoms with E-state index in [0.717, 1.165) is 0 Å². The molecular formula is C16H24N2O5S. The monoisotopic (exact) mass is 356 g/mol. The Kier molecular flexibility index (Phi) is 5.49. The normalized spacial score (nSPS) is 21.2.